The van der Waals surface area contributed by atoms with Gasteiger partial charge in [-0.3, -0.25) is 9.59 Å². The minimum absolute atomic E-state index is 0.00681. The quantitative estimate of drug-likeness (QED) is 0.124. The van der Waals surface area contributed by atoms with E-state index in [2.05, 4.69) is 17.6 Å². The summed E-state index contributed by atoms with van der Waals surface area (Å²) in [5, 5.41) is 3.82. The Kier molecular flexibility index (Phi) is 17.3. The number of hydrogen-bond acceptors (Lipinski definition) is 4. The number of hydrogen-bond donors (Lipinski definition) is 3. The Morgan fingerprint density at radius 1 is 1.05 bits per heavy atom. The molecular formula is C32H46N4O2. The standard InChI is InChI=1S/C22H26N2O2.C7H9N.C2H6.CH5N/c1-5-7-8-9-19(6-2)24-20(15-25)14-17-13-18(10-11-21(17)24)23-22(26)12-16(3)4;1-6-2-4-7(8)5-3-6;2*1-2/h5-11,13-16,19H,2,12H2,1,3-4H3,(H,23,26);2-5H,8H2,1H3;1-2H3;2H2,1H3/b7-5-,9-8?;;;. The van der Waals surface area contributed by atoms with E-state index in [4.69, 9.17) is 5.73 Å². The van der Waals surface area contributed by atoms with Crippen molar-refractivity contribution in [3.05, 3.63) is 96.7 Å². The van der Waals surface area contributed by atoms with Crippen LogP contribution in [0.3, 0.4) is 0 Å². The zero-order valence-electron chi connectivity index (χ0n) is 24.1. The Morgan fingerprint density at radius 3 is 2.18 bits per heavy atom. The second kappa shape index (κ2) is 19.2. The van der Waals surface area contributed by atoms with E-state index in [-0.39, 0.29) is 11.9 Å². The Balaban J connectivity index is 0.000000952. The number of fused-ring (bicyclic) bond motifs is 1. The number of aromatic nitrogens is 1. The number of nitrogen functional groups attached to an aromatic ring is 1. The highest BCUT2D eigenvalue weighted by Gasteiger charge is 2.14. The van der Waals surface area contributed by atoms with Gasteiger partial charge in [-0.15, -0.1) is 6.58 Å². The number of rotatable bonds is 8. The van der Waals surface area contributed by atoms with Gasteiger partial charge in [-0.25, -0.2) is 0 Å². The molecule has 1 atom stereocenters. The number of nitrogens with one attached hydrogen (secondary N) is 1. The van der Waals surface area contributed by atoms with Gasteiger partial charge in [0, 0.05) is 28.7 Å². The summed E-state index contributed by atoms with van der Waals surface area (Å²) in [7, 11) is 1.50. The second-order valence-corrected chi connectivity index (χ2v) is 8.52. The summed E-state index contributed by atoms with van der Waals surface area (Å²) in [6, 6.07) is 15.2. The monoisotopic (exact) mass is 518 g/mol. The summed E-state index contributed by atoms with van der Waals surface area (Å²) >= 11 is 0. The van der Waals surface area contributed by atoms with Gasteiger partial charge in [0.15, 0.2) is 6.29 Å². The number of carbonyl (C=O) groups excluding carboxylic acids is 2. The molecule has 0 aliphatic heterocycles. The lowest BCUT2D eigenvalue weighted by Crippen LogP contribution is -2.13. The van der Waals surface area contributed by atoms with Gasteiger partial charge < -0.3 is 21.4 Å². The minimum Gasteiger partial charge on any atom is -0.399 e. The third-order valence-electron chi connectivity index (χ3n) is 5.10. The molecule has 5 N–H and O–H groups in total. The van der Waals surface area contributed by atoms with Crippen LogP contribution in [0.2, 0.25) is 0 Å². The molecule has 0 aliphatic rings. The van der Waals surface area contributed by atoms with Crippen LogP contribution >= 0.6 is 0 Å². The van der Waals surface area contributed by atoms with Crippen LogP contribution in [0, 0.1) is 12.8 Å². The molecule has 3 rings (SSSR count). The van der Waals surface area contributed by atoms with E-state index in [1.165, 1.54) is 12.6 Å². The summed E-state index contributed by atoms with van der Waals surface area (Å²) in [5.74, 6) is 0.298. The van der Waals surface area contributed by atoms with Gasteiger partial charge >= 0.3 is 0 Å². The van der Waals surface area contributed by atoms with E-state index in [0.717, 1.165) is 28.6 Å². The van der Waals surface area contributed by atoms with Gasteiger partial charge in [0.25, 0.3) is 0 Å². The molecule has 0 aliphatic carbocycles. The van der Waals surface area contributed by atoms with Crippen molar-refractivity contribution in [3.63, 3.8) is 0 Å². The van der Waals surface area contributed by atoms with Crippen LogP contribution in [0.5, 0.6) is 0 Å². The zero-order valence-corrected chi connectivity index (χ0v) is 24.1. The number of aldehydes is 1. The zero-order chi connectivity index (χ0) is 29.1. The van der Waals surface area contributed by atoms with E-state index < -0.39 is 0 Å². The number of carbonyl (C=O) groups is 2. The number of anilines is 2. The number of aryl methyl sites for hydroxylation is 1. The maximum absolute atomic E-state index is 12.0. The topological polar surface area (TPSA) is 103 Å². The molecule has 0 bridgehead atoms. The molecular weight excluding hydrogens is 472 g/mol. The van der Waals surface area contributed by atoms with Crippen molar-refractivity contribution in [2.75, 3.05) is 18.1 Å². The van der Waals surface area contributed by atoms with Crippen molar-refractivity contribution in [3.8, 4) is 0 Å². The number of benzene rings is 2. The molecule has 6 heteroatoms. The third-order valence-corrected chi connectivity index (χ3v) is 5.10. The molecule has 2 aromatic carbocycles. The molecule has 6 nitrogen and oxygen atoms in total. The fourth-order valence-electron chi connectivity index (χ4n) is 3.47. The lowest BCUT2D eigenvalue weighted by Gasteiger charge is -2.14. The maximum Gasteiger partial charge on any atom is 0.224 e. The first kappa shape index (κ1) is 34.1. The predicted octanol–water partition coefficient (Wildman–Crippen LogP) is 7.48. The molecule has 1 heterocycles. The van der Waals surface area contributed by atoms with E-state index in [0.29, 0.717) is 18.0 Å². The SMILES string of the molecule is C=CC(C=C/C=C\C)n1c(C=O)cc2cc(NC(=O)CC(C)C)ccc21.CC.CN.Cc1ccc(N)cc1. The molecule has 1 unspecified atom stereocenters. The fraction of sp³-hybridized carbons (Fsp3) is 0.312. The highest BCUT2D eigenvalue weighted by Crippen LogP contribution is 2.27. The van der Waals surface area contributed by atoms with Crippen LogP contribution in [0.1, 0.15) is 63.1 Å². The Hall–Kier alpha value is -3.90. The van der Waals surface area contributed by atoms with Gasteiger partial charge in [-0.2, -0.15) is 0 Å². The highest BCUT2D eigenvalue weighted by molar-refractivity contribution is 5.96. The fourth-order valence-corrected chi connectivity index (χ4v) is 3.47. The van der Waals surface area contributed by atoms with Crippen molar-refractivity contribution >= 4 is 34.5 Å². The summed E-state index contributed by atoms with van der Waals surface area (Å²) in [6.45, 7) is 15.9. The van der Waals surface area contributed by atoms with Gasteiger partial charge in [-0.05, 0) is 63.2 Å². The summed E-state index contributed by atoms with van der Waals surface area (Å²) < 4.78 is 1.94. The third kappa shape index (κ3) is 11.4. The summed E-state index contributed by atoms with van der Waals surface area (Å²) in [4.78, 5) is 23.6. The van der Waals surface area contributed by atoms with Gasteiger partial charge in [-0.1, -0.05) is 75.8 Å². The summed E-state index contributed by atoms with van der Waals surface area (Å²) in [5.41, 5.74) is 14.2. The molecule has 0 spiro atoms. The normalized spacial score (nSPS) is 11.1. The van der Waals surface area contributed by atoms with Crippen LogP contribution in [0.25, 0.3) is 10.9 Å². The van der Waals surface area contributed by atoms with Gasteiger partial charge in [0.05, 0.1) is 11.7 Å². The maximum atomic E-state index is 12.0. The Morgan fingerprint density at radius 2 is 1.68 bits per heavy atom. The van der Waals surface area contributed by atoms with E-state index in [1.807, 2.05) is 119 Å². The van der Waals surface area contributed by atoms with Crippen LogP contribution in [0.15, 0.2) is 85.5 Å². The number of allylic oxidation sites excluding steroid dienone is 5. The first-order valence-electron chi connectivity index (χ1n) is 13.0. The molecule has 1 amide bonds. The first-order valence-corrected chi connectivity index (χ1v) is 13.0. The van der Waals surface area contributed by atoms with Gasteiger partial charge in [0.2, 0.25) is 5.91 Å². The van der Waals surface area contributed by atoms with Crippen LogP contribution in [-0.2, 0) is 4.79 Å². The Labute approximate surface area is 229 Å². The highest BCUT2D eigenvalue weighted by atomic mass is 16.1. The van der Waals surface area contributed by atoms with Crippen LogP contribution in [0.4, 0.5) is 11.4 Å². The average Bonchev–Trinajstić information content (AvgIpc) is 3.28. The van der Waals surface area contributed by atoms with E-state index >= 15 is 0 Å². The van der Waals surface area contributed by atoms with Crippen LogP contribution in [-0.4, -0.2) is 23.8 Å². The number of amides is 1. The largest absolute Gasteiger partial charge is 0.399 e. The average molecular weight is 519 g/mol. The van der Waals surface area contributed by atoms with Crippen molar-refractivity contribution < 1.29 is 9.59 Å². The first-order chi connectivity index (χ1) is 18.3. The number of nitrogens with zero attached hydrogens (tertiary/aromatic N) is 1. The van der Waals surface area contributed by atoms with Crippen LogP contribution < -0.4 is 16.8 Å². The van der Waals surface area contributed by atoms with Crippen molar-refractivity contribution in [1.82, 2.24) is 4.57 Å². The molecule has 3 aromatic rings. The molecule has 206 valence electrons. The second-order valence-electron chi connectivity index (χ2n) is 8.52. The van der Waals surface area contributed by atoms with E-state index in [9.17, 15) is 9.59 Å². The van der Waals surface area contributed by atoms with E-state index in [1.54, 1.807) is 6.08 Å². The lowest BCUT2D eigenvalue weighted by molar-refractivity contribution is -0.116. The molecule has 0 saturated heterocycles. The number of nitrogens with two attached hydrogens (primary N) is 2. The lowest BCUT2D eigenvalue weighted by atomic mass is 10.1. The molecule has 1 aromatic heterocycles. The van der Waals surface area contributed by atoms with Gasteiger partial charge in [0.1, 0.15) is 0 Å². The summed E-state index contributed by atoms with van der Waals surface area (Å²) in [6.07, 6.45) is 10.9. The van der Waals surface area contributed by atoms with Crippen molar-refractivity contribution in [1.29, 1.82) is 0 Å². The molecule has 38 heavy (non-hydrogen) atoms. The Bertz CT molecular complexity index is 1150. The van der Waals surface area contributed by atoms with Crippen molar-refractivity contribution in [2.45, 2.75) is 54.0 Å². The molecule has 0 saturated carbocycles. The predicted molar refractivity (Wildman–Crippen MR) is 166 cm³/mol. The molecule has 0 radical (unpaired) electrons. The molecule has 0 fully saturated rings. The van der Waals surface area contributed by atoms with Crippen molar-refractivity contribution in [2.24, 2.45) is 11.7 Å². The smallest absolute Gasteiger partial charge is 0.224 e. The minimum atomic E-state index is -0.134.